The van der Waals surface area contributed by atoms with Gasteiger partial charge in [0.05, 0.1) is 6.54 Å². The van der Waals surface area contributed by atoms with E-state index in [0.29, 0.717) is 30.3 Å². The molecule has 0 radical (unpaired) electrons. The van der Waals surface area contributed by atoms with E-state index in [0.717, 1.165) is 19.3 Å². The number of para-hydroxylation sites is 1. The first kappa shape index (κ1) is 19.8. The van der Waals surface area contributed by atoms with Crippen LogP contribution < -0.4 is 4.74 Å². The number of pyridine rings is 1. The van der Waals surface area contributed by atoms with Crippen molar-refractivity contribution < 1.29 is 19.4 Å². The number of likely N-dealkylation sites (tertiary alicyclic amines) is 1. The lowest BCUT2D eigenvalue weighted by Crippen LogP contribution is -2.37. The van der Waals surface area contributed by atoms with Crippen LogP contribution in [0.4, 0.5) is 0 Å². The lowest BCUT2D eigenvalue weighted by Gasteiger charge is -2.25. The van der Waals surface area contributed by atoms with Crippen molar-refractivity contribution in [3.8, 4) is 11.5 Å². The minimum absolute atomic E-state index is 0.0129. The molecule has 0 aliphatic carbocycles. The van der Waals surface area contributed by atoms with E-state index in [1.54, 1.807) is 23.2 Å². The SMILES string of the molecule is CN(CC(=O)O)[C@H]1CCCN(C(=O)c2cc(Oc3ccccc3)ccn2)CC1. The Kier molecular flexibility index (Phi) is 6.60. The van der Waals surface area contributed by atoms with Gasteiger partial charge in [-0.3, -0.25) is 19.5 Å². The second-order valence-electron chi connectivity index (χ2n) is 6.98. The Labute approximate surface area is 164 Å². The van der Waals surface area contributed by atoms with Crippen LogP contribution in [0.2, 0.25) is 0 Å². The molecule has 3 rings (SSSR count). The van der Waals surface area contributed by atoms with Gasteiger partial charge in [-0.25, -0.2) is 0 Å². The molecule has 28 heavy (non-hydrogen) atoms. The van der Waals surface area contributed by atoms with E-state index >= 15 is 0 Å². The van der Waals surface area contributed by atoms with Gasteiger partial charge in [-0.15, -0.1) is 0 Å². The normalized spacial score (nSPS) is 17.2. The molecule has 1 atom stereocenters. The van der Waals surface area contributed by atoms with Gasteiger partial charge in [0.1, 0.15) is 17.2 Å². The van der Waals surface area contributed by atoms with Crippen LogP contribution in [-0.4, -0.2) is 64.5 Å². The van der Waals surface area contributed by atoms with Gasteiger partial charge in [-0.05, 0) is 44.5 Å². The molecule has 1 aliphatic rings. The van der Waals surface area contributed by atoms with E-state index in [2.05, 4.69) is 4.98 Å². The van der Waals surface area contributed by atoms with Gasteiger partial charge in [0.15, 0.2) is 0 Å². The molecule has 0 spiro atoms. The van der Waals surface area contributed by atoms with E-state index in [4.69, 9.17) is 9.84 Å². The van der Waals surface area contributed by atoms with Crippen molar-refractivity contribution in [3.05, 3.63) is 54.4 Å². The predicted octanol–water partition coefficient (Wildman–Crippen LogP) is 2.89. The summed E-state index contributed by atoms with van der Waals surface area (Å²) in [5.74, 6) is 0.309. The molecule has 1 aromatic carbocycles. The smallest absolute Gasteiger partial charge is 0.317 e. The van der Waals surface area contributed by atoms with Crippen LogP contribution in [0.15, 0.2) is 48.7 Å². The Morgan fingerprint density at radius 2 is 1.96 bits per heavy atom. The van der Waals surface area contributed by atoms with Crippen molar-refractivity contribution in [1.82, 2.24) is 14.8 Å². The molecule has 0 bridgehead atoms. The van der Waals surface area contributed by atoms with Crippen LogP contribution >= 0.6 is 0 Å². The zero-order valence-electron chi connectivity index (χ0n) is 16.0. The number of carboxylic acids is 1. The van der Waals surface area contributed by atoms with Crippen LogP contribution in [-0.2, 0) is 4.79 Å². The molecule has 0 unspecified atom stereocenters. The zero-order chi connectivity index (χ0) is 19.9. The number of carbonyl (C=O) groups excluding carboxylic acids is 1. The highest BCUT2D eigenvalue weighted by atomic mass is 16.5. The van der Waals surface area contributed by atoms with E-state index in [1.165, 1.54) is 0 Å². The van der Waals surface area contributed by atoms with Crippen molar-refractivity contribution in [1.29, 1.82) is 0 Å². The highest BCUT2D eigenvalue weighted by molar-refractivity contribution is 5.92. The molecule has 148 valence electrons. The first-order valence-electron chi connectivity index (χ1n) is 9.43. The number of nitrogens with zero attached hydrogens (tertiary/aromatic N) is 3. The van der Waals surface area contributed by atoms with Gasteiger partial charge in [-0.1, -0.05) is 18.2 Å². The summed E-state index contributed by atoms with van der Waals surface area (Å²) >= 11 is 0. The summed E-state index contributed by atoms with van der Waals surface area (Å²) in [4.78, 5) is 31.7. The largest absolute Gasteiger partial charge is 0.480 e. The first-order chi connectivity index (χ1) is 13.5. The van der Waals surface area contributed by atoms with Crippen LogP contribution in [0.5, 0.6) is 11.5 Å². The average Bonchev–Trinajstić information content (AvgIpc) is 2.94. The maximum atomic E-state index is 12.9. The van der Waals surface area contributed by atoms with E-state index < -0.39 is 5.97 Å². The quantitative estimate of drug-likeness (QED) is 0.826. The Bertz CT molecular complexity index is 812. The first-order valence-corrected chi connectivity index (χ1v) is 9.43. The predicted molar refractivity (Wildman–Crippen MR) is 105 cm³/mol. The third kappa shape index (κ3) is 5.29. The van der Waals surface area contributed by atoms with Crippen molar-refractivity contribution >= 4 is 11.9 Å². The lowest BCUT2D eigenvalue weighted by atomic mass is 10.1. The van der Waals surface area contributed by atoms with Crippen molar-refractivity contribution in [2.75, 3.05) is 26.7 Å². The molecule has 7 nitrogen and oxygen atoms in total. The molecule has 7 heteroatoms. The standard InChI is InChI=1S/C21H25N3O4/c1-23(15-20(25)26)16-6-5-12-24(13-10-16)21(27)19-14-18(9-11-22-19)28-17-7-3-2-4-8-17/h2-4,7-9,11,14,16H,5-6,10,12-13,15H2,1H3,(H,25,26)/t16-/m0/s1. The van der Waals surface area contributed by atoms with E-state index in [9.17, 15) is 9.59 Å². The molecule has 1 saturated heterocycles. The highest BCUT2D eigenvalue weighted by Gasteiger charge is 2.25. The molecule has 2 aromatic rings. The third-order valence-corrected chi connectivity index (χ3v) is 4.92. The number of aromatic nitrogens is 1. The van der Waals surface area contributed by atoms with E-state index in [1.807, 2.05) is 42.3 Å². The second kappa shape index (κ2) is 9.32. The minimum atomic E-state index is -0.834. The number of carboxylic acid groups (broad SMARTS) is 1. The Morgan fingerprint density at radius 3 is 2.71 bits per heavy atom. The van der Waals surface area contributed by atoms with Crippen LogP contribution in [0.3, 0.4) is 0 Å². The van der Waals surface area contributed by atoms with Gasteiger partial charge < -0.3 is 14.7 Å². The van der Waals surface area contributed by atoms with Crippen LogP contribution in [0, 0.1) is 0 Å². The summed E-state index contributed by atoms with van der Waals surface area (Å²) in [7, 11) is 1.82. The Morgan fingerprint density at radius 1 is 1.18 bits per heavy atom. The Hall–Kier alpha value is -2.93. The molecule has 0 saturated carbocycles. The average molecular weight is 383 g/mol. The number of hydrogen-bond donors (Lipinski definition) is 1. The van der Waals surface area contributed by atoms with Crippen molar-refractivity contribution in [2.45, 2.75) is 25.3 Å². The fourth-order valence-electron chi connectivity index (χ4n) is 3.44. The molecule has 1 aromatic heterocycles. The van der Waals surface area contributed by atoms with Crippen LogP contribution in [0.1, 0.15) is 29.8 Å². The molecular formula is C21H25N3O4. The minimum Gasteiger partial charge on any atom is -0.480 e. The number of amides is 1. The lowest BCUT2D eigenvalue weighted by molar-refractivity contribution is -0.138. The zero-order valence-corrected chi connectivity index (χ0v) is 16.0. The maximum Gasteiger partial charge on any atom is 0.317 e. The topological polar surface area (TPSA) is 83.0 Å². The summed E-state index contributed by atoms with van der Waals surface area (Å²) in [6, 6.07) is 12.9. The molecule has 1 amide bonds. The van der Waals surface area contributed by atoms with Crippen LogP contribution in [0.25, 0.3) is 0 Å². The molecule has 2 heterocycles. The number of aliphatic carboxylic acids is 1. The molecule has 1 aliphatic heterocycles. The Balaban J connectivity index is 1.64. The van der Waals surface area contributed by atoms with Gasteiger partial charge >= 0.3 is 5.97 Å². The number of carbonyl (C=O) groups is 2. The fourth-order valence-corrected chi connectivity index (χ4v) is 3.44. The molecular weight excluding hydrogens is 358 g/mol. The summed E-state index contributed by atoms with van der Waals surface area (Å²) < 4.78 is 5.79. The van der Waals surface area contributed by atoms with E-state index in [-0.39, 0.29) is 18.5 Å². The number of benzene rings is 1. The van der Waals surface area contributed by atoms with Gasteiger partial charge in [0, 0.05) is 31.4 Å². The third-order valence-electron chi connectivity index (χ3n) is 4.92. The fraction of sp³-hybridized carbons (Fsp3) is 0.381. The number of ether oxygens (including phenoxy) is 1. The summed E-state index contributed by atoms with van der Waals surface area (Å²) in [6.45, 7) is 1.24. The van der Waals surface area contributed by atoms with Gasteiger partial charge in [0.25, 0.3) is 5.91 Å². The maximum absolute atomic E-state index is 12.9. The number of hydrogen-bond acceptors (Lipinski definition) is 5. The van der Waals surface area contributed by atoms with Crippen molar-refractivity contribution in [3.63, 3.8) is 0 Å². The molecule has 1 N–H and O–H groups in total. The summed E-state index contributed by atoms with van der Waals surface area (Å²) in [5, 5.41) is 8.98. The monoisotopic (exact) mass is 383 g/mol. The van der Waals surface area contributed by atoms with Gasteiger partial charge in [0.2, 0.25) is 0 Å². The molecule has 1 fully saturated rings. The number of likely N-dealkylation sites (N-methyl/N-ethyl adjacent to an activating group) is 1. The van der Waals surface area contributed by atoms with Gasteiger partial charge in [-0.2, -0.15) is 0 Å². The summed E-state index contributed by atoms with van der Waals surface area (Å²) in [6.07, 6.45) is 4.03. The highest BCUT2D eigenvalue weighted by Crippen LogP contribution is 2.22. The number of rotatable bonds is 6. The van der Waals surface area contributed by atoms with Crippen molar-refractivity contribution in [2.24, 2.45) is 0 Å². The summed E-state index contributed by atoms with van der Waals surface area (Å²) in [5.41, 5.74) is 0.353. The second-order valence-corrected chi connectivity index (χ2v) is 6.98.